The van der Waals surface area contributed by atoms with E-state index in [-0.39, 0.29) is 6.04 Å². The third kappa shape index (κ3) is 2.68. The number of piperidine rings is 1. The van der Waals surface area contributed by atoms with E-state index in [2.05, 4.69) is 0 Å². The van der Waals surface area contributed by atoms with Crippen LogP contribution in [-0.4, -0.2) is 31.9 Å². The van der Waals surface area contributed by atoms with Crippen LogP contribution in [0.15, 0.2) is 29.2 Å². The highest BCUT2D eigenvalue weighted by atomic mass is 32.2. The number of sulfonamides is 1. The minimum absolute atomic E-state index is 0.0386. The molecule has 0 aliphatic carbocycles. The van der Waals surface area contributed by atoms with Gasteiger partial charge in [0.15, 0.2) is 0 Å². The summed E-state index contributed by atoms with van der Waals surface area (Å²) in [6.45, 7) is 2.89. The summed E-state index contributed by atoms with van der Waals surface area (Å²) in [5.41, 5.74) is 6.77. The summed E-state index contributed by atoms with van der Waals surface area (Å²) in [7, 11) is -3.36. The lowest BCUT2D eigenvalue weighted by atomic mass is 10.1. The van der Waals surface area contributed by atoms with Crippen molar-refractivity contribution < 1.29 is 8.42 Å². The second-order valence-electron chi connectivity index (χ2n) is 4.58. The van der Waals surface area contributed by atoms with Crippen LogP contribution in [0.2, 0.25) is 0 Å². The third-order valence-corrected chi connectivity index (χ3v) is 4.91. The van der Waals surface area contributed by atoms with Gasteiger partial charge in [-0.1, -0.05) is 12.1 Å². The second kappa shape index (κ2) is 4.76. The minimum Gasteiger partial charge on any atom is -0.327 e. The fourth-order valence-electron chi connectivity index (χ4n) is 2.12. The van der Waals surface area contributed by atoms with Gasteiger partial charge in [0.25, 0.3) is 0 Å². The normalized spacial score (nSPS) is 22.6. The molecule has 5 heteroatoms. The highest BCUT2D eigenvalue weighted by molar-refractivity contribution is 7.89. The van der Waals surface area contributed by atoms with Gasteiger partial charge in [0.2, 0.25) is 10.0 Å². The number of rotatable bonds is 2. The molecule has 0 aromatic heterocycles. The highest BCUT2D eigenvalue weighted by Crippen LogP contribution is 2.20. The number of nitrogens with two attached hydrogens (primary N) is 1. The first kappa shape index (κ1) is 12.5. The summed E-state index contributed by atoms with van der Waals surface area (Å²) in [6.07, 6.45) is 1.74. The molecule has 2 N–H and O–H groups in total. The zero-order chi connectivity index (χ0) is 12.5. The Bertz CT molecular complexity index is 499. The van der Waals surface area contributed by atoms with E-state index < -0.39 is 10.0 Å². The maximum Gasteiger partial charge on any atom is 0.243 e. The standard InChI is InChI=1S/C12H18N2O2S/c1-10-4-2-6-12(8-10)17(15,16)14-7-3-5-11(13)9-14/h2,4,6,8,11H,3,5,7,9,13H2,1H3/t11-/m0/s1. The molecule has 1 aromatic rings. The molecule has 1 aliphatic heterocycles. The first-order chi connectivity index (χ1) is 8.00. The number of hydrogen-bond acceptors (Lipinski definition) is 3. The van der Waals surface area contributed by atoms with Crippen LogP contribution < -0.4 is 5.73 Å². The molecule has 4 nitrogen and oxygen atoms in total. The Kier molecular flexibility index (Phi) is 3.51. The van der Waals surface area contributed by atoms with Gasteiger partial charge < -0.3 is 5.73 Å². The van der Waals surface area contributed by atoms with Crippen molar-refractivity contribution in [3.63, 3.8) is 0 Å². The van der Waals surface area contributed by atoms with E-state index in [0.717, 1.165) is 18.4 Å². The molecule has 1 heterocycles. The van der Waals surface area contributed by atoms with Crippen LogP contribution in [0.25, 0.3) is 0 Å². The molecule has 1 atom stereocenters. The molecule has 0 saturated carbocycles. The summed E-state index contributed by atoms with van der Waals surface area (Å²) in [6, 6.07) is 6.97. The fourth-order valence-corrected chi connectivity index (χ4v) is 3.76. The molecule has 0 radical (unpaired) electrons. The van der Waals surface area contributed by atoms with Gasteiger partial charge in [-0.05, 0) is 37.5 Å². The summed E-state index contributed by atoms with van der Waals surface area (Å²) in [5, 5.41) is 0. The van der Waals surface area contributed by atoms with Gasteiger partial charge in [-0.3, -0.25) is 0 Å². The van der Waals surface area contributed by atoms with Gasteiger partial charge in [-0.25, -0.2) is 8.42 Å². The monoisotopic (exact) mass is 254 g/mol. The quantitative estimate of drug-likeness (QED) is 0.860. The zero-order valence-electron chi connectivity index (χ0n) is 9.96. The van der Waals surface area contributed by atoms with E-state index in [9.17, 15) is 8.42 Å². The molecule has 1 aromatic carbocycles. The Morgan fingerprint density at radius 1 is 1.41 bits per heavy atom. The molecule has 1 saturated heterocycles. The average Bonchev–Trinajstić information content (AvgIpc) is 2.29. The van der Waals surface area contributed by atoms with Crippen LogP contribution >= 0.6 is 0 Å². The van der Waals surface area contributed by atoms with E-state index in [1.807, 2.05) is 13.0 Å². The van der Waals surface area contributed by atoms with Crippen molar-refractivity contribution in [3.8, 4) is 0 Å². The van der Waals surface area contributed by atoms with E-state index >= 15 is 0 Å². The zero-order valence-corrected chi connectivity index (χ0v) is 10.8. The molecule has 94 valence electrons. The van der Waals surface area contributed by atoms with Crippen molar-refractivity contribution in [2.24, 2.45) is 5.73 Å². The number of benzene rings is 1. The maximum absolute atomic E-state index is 12.4. The molecular weight excluding hydrogens is 236 g/mol. The van der Waals surface area contributed by atoms with Crippen LogP contribution in [0.3, 0.4) is 0 Å². The van der Waals surface area contributed by atoms with Crippen molar-refractivity contribution in [2.75, 3.05) is 13.1 Å². The average molecular weight is 254 g/mol. The summed E-state index contributed by atoms with van der Waals surface area (Å²) < 4.78 is 26.2. The van der Waals surface area contributed by atoms with Crippen LogP contribution in [-0.2, 0) is 10.0 Å². The summed E-state index contributed by atoms with van der Waals surface area (Å²) >= 11 is 0. The van der Waals surface area contributed by atoms with Gasteiger partial charge in [-0.2, -0.15) is 4.31 Å². The van der Waals surface area contributed by atoms with E-state index in [1.54, 1.807) is 18.2 Å². The lowest BCUT2D eigenvalue weighted by Gasteiger charge is -2.29. The van der Waals surface area contributed by atoms with Gasteiger partial charge in [0, 0.05) is 19.1 Å². The van der Waals surface area contributed by atoms with Crippen molar-refractivity contribution in [1.82, 2.24) is 4.31 Å². The predicted molar refractivity (Wildman–Crippen MR) is 67.1 cm³/mol. The van der Waals surface area contributed by atoms with Crippen molar-refractivity contribution in [1.29, 1.82) is 0 Å². The SMILES string of the molecule is Cc1cccc(S(=O)(=O)N2CCC[C@H](N)C2)c1. The summed E-state index contributed by atoms with van der Waals surface area (Å²) in [4.78, 5) is 0.367. The first-order valence-electron chi connectivity index (χ1n) is 5.82. The molecule has 0 unspecified atom stereocenters. The molecule has 17 heavy (non-hydrogen) atoms. The molecule has 0 bridgehead atoms. The number of nitrogens with zero attached hydrogens (tertiary/aromatic N) is 1. The largest absolute Gasteiger partial charge is 0.327 e. The first-order valence-corrected chi connectivity index (χ1v) is 7.26. The smallest absolute Gasteiger partial charge is 0.243 e. The highest BCUT2D eigenvalue weighted by Gasteiger charge is 2.28. The van der Waals surface area contributed by atoms with Gasteiger partial charge in [-0.15, -0.1) is 0 Å². The van der Waals surface area contributed by atoms with E-state index in [4.69, 9.17) is 5.73 Å². The molecule has 1 aliphatic rings. The van der Waals surface area contributed by atoms with Gasteiger partial charge >= 0.3 is 0 Å². The predicted octanol–water partition coefficient (Wildman–Crippen LogP) is 1.11. The van der Waals surface area contributed by atoms with Crippen molar-refractivity contribution >= 4 is 10.0 Å². The van der Waals surface area contributed by atoms with Crippen molar-refractivity contribution in [2.45, 2.75) is 30.7 Å². The van der Waals surface area contributed by atoms with E-state index in [1.165, 1.54) is 4.31 Å². The van der Waals surface area contributed by atoms with Crippen LogP contribution in [0, 0.1) is 6.92 Å². The van der Waals surface area contributed by atoms with Crippen molar-refractivity contribution in [3.05, 3.63) is 29.8 Å². The van der Waals surface area contributed by atoms with E-state index in [0.29, 0.717) is 18.0 Å². The van der Waals surface area contributed by atoms with Crippen LogP contribution in [0.5, 0.6) is 0 Å². The summed E-state index contributed by atoms with van der Waals surface area (Å²) in [5.74, 6) is 0. The number of aryl methyl sites for hydroxylation is 1. The van der Waals surface area contributed by atoms with Gasteiger partial charge in [0.05, 0.1) is 4.90 Å². The topological polar surface area (TPSA) is 63.4 Å². The lowest BCUT2D eigenvalue weighted by Crippen LogP contribution is -2.45. The van der Waals surface area contributed by atoms with Crippen LogP contribution in [0.4, 0.5) is 0 Å². The Balaban J connectivity index is 2.29. The maximum atomic E-state index is 12.4. The Morgan fingerprint density at radius 2 is 2.18 bits per heavy atom. The number of hydrogen-bond donors (Lipinski definition) is 1. The Morgan fingerprint density at radius 3 is 2.82 bits per heavy atom. The Hall–Kier alpha value is -0.910. The Labute approximate surface area is 102 Å². The second-order valence-corrected chi connectivity index (χ2v) is 6.52. The molecule has 0 spiro atoms. The fraction of sp³-hybridized carbons (Fsp3) is 0.500. The molecule has 1 fully saturated rings. The minimum atomic E-state index is -3.36. The lowest BCUT2D eigenvalue weighted by molar-refractivity contribution is 0.316. The molecule has 0 amide bonds. The van der Waals surface area contributed by atoms with Crippen LogP contribution in [0.1, 0.15) is 18.4 Å². The third-order valence-electron chi connectivity index (χ3n) is 3.05. The van der Waals surface area contributed by atoms with Gasteiger partial charge in [0.1, 0.15) is 0 Å². The molecular formula is C12H18N2O2S. The molecule has 2 rings (SSSR count).